The monoisotopic (exact) mass is 382 g/mol. The van der Waals surface area contributed by atoms with Gasteiger partial charge in [-0.25, -0.2) is 8.42 Å². The van der Waals surface area contributed by atoms with Gasteiger partial charge in [-0.15, -0.1) is 0 Å². The fourth-order valence-electron chi connectivity index (χ4n) is 3.00. The molecule has 136 valence electrons. The van der Waals surface area contributed by atoms with Crippen molar-refractivity contribution in [3.05, 3.63) is 24.3 Å². The lowest BCUT2D eigenvalue weighted by Crippen LogP contribution is -2.38. The van der Waals surface area contributed by atoms with Gasteiger partial charge in [0, 0.05) is 11.2 Å². The molecule has 3 rings (SSSR count). The van der Waals surface area contributed by atoms with Crippen molar-refractivity contribution in [3.8, 4) is 5.75 Å². The summed E-state index contributed by atoms with van der Waals surface area (Å²) in [5, 5.41) is 0.453. The Bertz CT molecular complexity index is 805. The molecule has 8 heteroatoms. The van der Waals surface area contributed by atoms with Crippen LogP contribution in [0, 0.1) is 5.92 Å². The predicted molar refractivity (Wildman–Crippen MR) is 101 cm³/mol. The van der Waals surface area contributed by atoms with E-state index in [-0.39, 0.29) is 34.6 Å². The first kappa shape index (κ1) is 18.3. The number of thioether (sulfide) groups is 1. The predicted octanol–water partition coefficient (Wildman–Crippen LogP) is 2.34. The van der Waals surface area contributed by atoms with Gasteiger partial charge in [0.25, 0.3) is 5.91 Å². The number of carbonyl (C=O) groups is 1. The first-order valence-corrected chi connectivity index (χ1v) is 11.0. The van der Waals surface area contributed by atoms with Crippen LogP contribution in [0.5, 0.6) is 5.75 Å². The molecule has 1 aromatic carbocycles. The number of anilines is 1. The highest BCUT2D eigenvalue weighted by Crippen LogP contribution is 2.43. The normalized spacial score (nSPS) is 26.2. The standard InChI is InChI=1S/C17H22N2O4S2/c1-4-23-14-8-6-5-7-12(14)19-13-9-25(21,22)10-15(13)24-17(19)18-16(20)11(2)3/h5-8,11,13,15H,4,9-10H2,1-3H3/t13-,15+/m0/s1. The highest BCUT2D eigenvalue weighted by molar-refractivity contribution is 8.16. The fraction of sp³-hybridized carbons (Fsp3) is 0.529. The first-order valence-electron chi connectivity index (χ1n) is 8.33. The molecule has 0 bridgehead atoms. The Morgan fingerprint density at radius 3 is 2.76 bits per heavy atom. The number of amidine groups is 1. The lowest BCUT2D eigenvalue weighted by molar-refractivity contribution is -0.120. The second-order valence-electron chi connectivity index (χ2n) is 6.46. The smallest absolute Gasteiger partial charge is 0.250 e. The molecule has 1 amide bonds. The lowest BCUT2D eigenvalue weighted by Gasteiger charge is -2.26. The van der Waals surface area contributed by atoms with Gasteiger partial charge in [-0.2, -0.15) is 4.99 Å². The molecule has 2 aliphatic rings. The van der Waals surface area contributed by atoms with E-state index in [0.29, 0.717) is 17.5 Å². The van der Waals surface area contributed by atoms with Gasteiger partial charge in [0.1, 0.15) is 5.75 Å². The second kappa shape index (κ2) is 6.99. The van der Waals surface area contributed by atoms with Crippen molar-refractivity contribution < 1.29 is 17.9 Å². The molecule has 0 aromatic heterocycles. The molecule has 25 heavy (non-hydrogen) atoms. The van der Waals surface area contributed by atoms with Crippen molar-refractivity contribution in [3.63, 3.8) is 0 Å². The largest absolute Gasteiger partial charge is 0.492 e. The summed E-state index contributed by atoms with van der Waals surface area (Å²) in [4.78, 5) is 18.3. The van der Waals surface area contributed by atoms with Crippen molar-refractivity contribution in [1.82, 2.24) is 0 Å². The molecular weight excluding hydrogens is 360 g/mol. The zero-order chi connectivity index (χ0) is 18.2. The van der Waals surface area contributed by atoms with Crippen LogP contribution in [0.1, 0.15) is 20.8 Å². The SMILES string of the molecule is CCOc1ccccc1N1C(=NC(=O)C(C)C)S[C@@H]2CS(=O)(=O)C[C@@H]21. The lowest BCUT2D eigenvalue weighted by atomic mass is 10.2. The van der Waals surface area contributed by atoms with E-state index >= 15 is 0 Å². The Morgan fingerprint density at radius 2 is 2.08 bits per heavy atom. The van der Waals surface area contributed by atoms with Gasteiger partial charge in [-0.3, -0.25) is 4.79 Å². The van der Waals surface area contributed by atoms with Gasteiger partial charge < -0.3 is 9.64 Å². The highest BCUT2D eigenvalue weighted by Gasteiger charge is 2.50. The van der Waals surface area contributed by atoms with Gasteiger partial charge >= 0.3 is 0 Å². The summed E-state index contributed by atoms with van der Waals surface area (Å²) in [6.45, 7) is 6.00. The van der Waals surface area contributed by atoms with Crippen molar-refractivity contribution in [2.45, 2.75) is 32.1 Å². The molecule has 1 aromatic rings. The van der Waals surface area contributed by atoms with Crippen LogP contribution in [0.4, 0.5) is 5.69 Å². The van der Waals surface area contributed by atoms with E-state index < -0.39 is 9.84 Å². The van der Waals surface area contributed by atoms with Gasteiger partial charge in [-0.05, 0) is 19.1 Å². The Balaban J connectivity index is 2.05. The van der Waals surface area contributed by atoms with Crippen molar-refractivity contribution in [2.75, 3.05) is 23.0 Å². The third-order valence-corrected chi connectivity index (χ3v) is 7.40. The van der Waals surface area contributed by atoms with Crippen molar-refractivity contribution in [1.29, 1.82) is 0 Å². The summed E-state index contributed by atoms with van der Waals surface area (Å²) in [7, 11) is -3.08. The molecule has 0 aliphatic carbocycles. The zero-order valence-corrected chi connectivity index (χ0v) is 16.1. The average Bonchev–Trinajstić information content (AvgIpc) is 2.99. The van der Waals surface area contributed by atoms with E-state index in [0.717, 1.165) is 5.69 Å². The number of hydrogen-bond acceptors (Lipinski definition) is 5. The summed E-state index contributed by atoms with van der Waals surface area (Å²) >= 11 is 1.38. The number of hydrogen-bond donors (Lipinski definition) is 0. The number of rotatable bonds is 4. The number of aliphatic imine (C=N–C) groups is 1. The molecule has 2 fully saturated rings. The summed E-state index contributed by atoms with van der Waals surface area (Å²) in [6.07, 6.45) is 0. The molecule has 0 spiro atoms. The highest BCUT2D eigenvalue weighted by atomic mass is 32.2. The van der Waals surface area contributed by atoms with E-state index in [1.54, 1.807) is 13.8 Å². The van der Waals surface area contributed by atoms with Crippen molar-refractivity contribution in [2.24, 2.45) is 10.9 Å². The van der Waals surface area contributed by atoms with Gasteiger partial charge in [0.2, 0.25) is 0 Å². The molecule has 2 aliphatic heterocycles. The maximum absolute atomic E-state index is 12.2. The third-order valence-electron chi connectivity index (χ3n) is 4.19. The molecule has 2 saturated heterocycles. The zero-order valence-electron chi connectivity index (χ0n) is 14.5. The molecule has 2 heterocycles. The molecule has 0 saturated carbocycles. The van der Waals surface area contributed by atoms with Crippen LogP contribution >= 0.6 is 11.8 Å². The number of fused-ring (bicyclic) bond motifs is 1. The third kappa shape index (κ3) is 3.69. The Kier molecular flexibility index (Phi) is 5.11. The summed E-state index contributed by atoms with van der Waals surface area (Å²) in [5.41, 5.74) is 0.761. The van der Waals surface area contributed by atoms with Crippen LogP contribution < -0.4 is 9.64 Å². The summed E-state index contributed by atoms with van der Waals surface area (Å²) < 4.78 is 29.9. The van der Waals surface area contributed by atoms with E-state index in [1.807, 2.05) is 36.1 Å². The van der Waals surface area contributed by atoms with E-state index in [4.69, 9.17) is 4.74 Å². The van der Waals surface area contributed by atoms with Crippen LogP contribution in [0.3, 0.4) is 0 Å². The minimum atomic E-state index is -3.08. The number of sulfone groups is 1. The van der Waals surface area contributed by atoms with Crippen LogP contribution in [0.25, 0.3) is 0 Å². The average molecular weight is 383 g/mol. The molecule has 0 unspecified atom stereocenters. The summed E-state index contributed by atoms with van der Waals surface area (Å²) in [5.74, 6) is 0.440. The fourth-order valence-corrected chi connectivity index (χ4v) is 6.92. The van der Waals surface area contributed by atoms with E-state index in [2.05, 4.69) is 4.99 Å². The number of nitrogens with zero attached hydrogens (tertiary/aromatic N) is 2. The van der Waals surface area contributed by atoms with E-state index in [1.165, 1.54) is 11.8 Å². The Labute approximate surface area is 152 Å². The number of carbonyl (C=O) groups excluding carboxylic acids is 1. The molecule has 2 atom stereocenters. The molecular formula is C17H22N2O4S2. The van der Waals surface area contributed by atoms with Crippen LogP contribution in [0.2, 0.25) is 0 Å². The quantitative estimate of drug-likeness (QED) is 0.796. The van der Waals surface area contributed by atoms with Crippen LogP contribution in [-0.4, -0.2) is 48.9 Å². The Morgan fingerprint density at radius 1 is 1.36 bits per heavy atom. The topological polar surface area (TPSA) is 76.0 Å². The van der Waals surface area contributed by atoms with Crippen LogP contribution in [0.15, 0.2) is 29.3 Å². The van der Waals surface area contributed by atoms with Gasteiger partial charge in [0.05, 0.1) is 29.8 Å². The Hall–Kier alpha value is -1.54. The number of benzene rings is 1. The minimum Gasteiger partial charge on any atom is -0.492 e. The van der Waals surface area contributed by atoms with Crippen LogP contribution in [-0.2, 0) is 14.6 Å². The number of amides is 1. The summed E-state index contributed by atoms with van der Waals surface area (Å²) in [6, 6.07) is 7.25. The van der Waals surface area contributed by atoms with E-state index in [9.17, 15) is 13.2 Å². The second-order valence-corrected chi connectivity index (χ2v) is 9.82. The molecule has 0 N–H and O–H groups in total. The van der Waals surface area contributed by atoms with Crippen molar-refractivity contribution >= 4 is 38.4 Å². The van der Waals surface area contributed by atoms with Gasteiger partial charge in [-0.1, -0.05) is 37.7 Å². The number of ether oxygens (including phenoxy) is 1. The number of para-hydroxylation sites is 2. The molecule has 0 radical (unpaired) electrons. The maximum Gasteiger partial charge on any atom is 0.250 e. The minimum absolute atomic E-state index is 0.0695. The molecule has 6 nitrogen and oxygen atoms in total. The maximum atomic E-state index is 12.2. The first-order chi connectivity index (χ1) is 11.8. The van der Waals surface area contributed by atoms with Gasteiger partial charge in [0.15, 0.2) is 15.0 Å².